The van der Waals surface area contributed by atoms with E-state index < -0.39 is 0 Å². The molecule has 1 unspecified atom stereocenters. The van der Waals surface area contributed by atoms with Crippen LogP contribution in [0, 0.1) is 0 Å². The van der Waals surface area contributed by atoms with Crippen molar-refractivity contribution in [2.24, 2.45) is 0 Å². The van der Waals surface area contributed by atoms with Gasteiger partial charge >= 0.3 is 0 Å². The summed E-state index contributed by atoms with van der Waals surface area (Å²) in [7, 11) is 0. The monoisotopic (exact) mass is 185 g/mol. The third kappa shape index (κ3) is 2.96. The van der Waals surface area contributed by atoms with E-state index in [0.717, 1.165) is 13.1 Å². The SMILES string of the molecule is CC1CN(C(C)(C)C)CC(C)(C)O1. The highest BCUT2D eigenvalue weighted by Crippen LogP contribution is 2.26. The fourth-order valence-corrected chi connectivity index (χ4v) is 1.96. The van der Waals surface area contributed by atoms with Crippen LogP contribution in [0.3, 0.4) is 0 Å². The molecule has 1 fully saturated rings. The Hall–Kier alpha value is -0.0800. The first kappa shape index (κ1) is 11.0. The Kier molecular flexibility index (Phi) is 2.75. The Labute approximate surface area is 82.3 Å². The van der Waals surface area contributed by atoms with Crippen LogP contribution in [-0.2, 0) is 4.74 Å². The second-order valence-electron chi connectivity index (χ2n) is 5.74. The lowest BCUT2D eigenvalue weighted by atomic mass is 9.98. The fourth-order valence-electron chi connectivity index (χ4n) is 1.96. The lowest BCUT2D eigenvalue weighted by Gasteiger charge is -2.47. The first-order valence-corrected chi connectivity index (χ1v) is 5.14. The molecule has 1 heterocycles. The second-order valence-corrected chi connectivity index (χ2v) is 5.74. The molecule has 2 heteroatoms. The van der Waals surface area contributed by atoms with Gasteiger partial charge in [0.25, 0.3) is 0 Å². The molecule has 2 nitrogen and oxygen atoms in total. The van der Waals surface area contributed by atoms with Crippen LogP contribution in [0.4, 0.5) is 0 Å². The first-order valence-electron chi connectivity index (χ1n) is 5.14. The third-order valence-corrected chi connectivity index (χ3v) is 2.52. The topological polar surface area (TPSA) is 12.5 Å². The predicted molar refractivity (Wildman–Crippen MR) is 56.0 cm³/mol. The van der Waals surface area contributed by atoms with E-state index in [4.69, 9.17) is 4.74 Å². The molecule has 1 atom stereocenters. The van der Waals surface area contributed by atoms with Crippen LogP contribution in [-0.4, -0.2) is 35.2 Å². The maximum absolute atomic E-state index is 5.86. The number of ether oxygens (including phenoxy) is 1. The van der Waals surface area contributed by atoms with Crippen LogP contribution in [0.2, 0.25) is 0 Å². The zero-order chi connectivity index (χ0) is 10.3. The van der Waals surface area contributed by atoms with Crippen molar-refractivity contribution < 1.29 is 4.74 Å². The quantitative estimate of drug-likeness (QED) is 0.574. The van der Waals surface area contributed by atoms with Gasteiger partial charge in [0.05, 0.1) is 11.7 Å². The van der Waals surface area contributed by atoms with Gasteiger partial charge in [-0.3, -0.25) is 4.90 Å². The highest BCUT2D eigenvalue weighted by atomic mass is 16.5. The number of hydrogen-bond acceptors (Lipinski definition) is 2. The fraction of sp³-hybridized carbons (Fsp3) is 1.00. The highest BCUT2D eigenvalue weighted by Gasteiger charge is 2.35. The Morgan fingerprint density at radius 2 is 1.85 bits per heavy atom. The average molecular weight is 185 g/mol. The normalized spacial score (nSPS) is 30.5. The molecule has 0 aromatic heterocycles. The van der Waals surface area contributed by atoms with Gasteiger partial charge in [0.2, 0.25) is 0 Å². The van der Waals surface area contributed by atoms with Gasteiger partial charge in [-0.15, -0.1) is 0 Å². The molecule has 0 amide bonds. The van der Waals surface area contributed by atoms with E-state index in [0.29, 0.717) is 6.10 Å². The van der Waals surface area contributed by atoms with Gasteiger partial charge in [0.15, 0.2) is 0 Å². The van der Waals surface area contributed by atoms with Crippen LogP contribution in [0.1, 0.15) is 41.5 Å². The van der Waals surface area contributed by atoms with Crippen LogP contribution in [0.25, 0.3) is 0 Å². The lowest BCUT2D eigenvalue weighted by molar-refractivity contribution is -0.146. The summed E-state index contributed by atoms with van der Waals surface area (Å²) in [6.07, 6.45) is 0.350. The van der Waals surface area contributed by atoms with Crippen molar-refractivity contribution in [1.29, 1.82) is 0 Å². The van der Waals surface area contributed by atoms with E-state index >= 15 is 0 Å². The molecule has 0 aliphatic carbocycles. The second kappa shape index (κ2) is 3.25. The summed E-state index contributed by atoms with van der Waals surface area (Å²) in [5.74, 6) is 0. The van der Waals surface area contributed by atoms with Crippen molar-refractivity contribution in [3.63, 3.8) is 0 Å². The Balaban J connectivity index is 2.69. The minimum absolute atomic E-state index is 0.00491. The van der Waals surface area contributed by atoms with Gasteiger partial charge in [-0.1, -0.05) is 0 Å². The molecule has 0 N–H and O–H groups in total. The molecular weight excluding hydrogens is 162 g/mol. The Bertz CT molecular complexity index is 181. The van der Waals surface area contributed by atoms with E-state index in [1.54, 1.807) is 0 Å². The van der Waals surface area contributed by atoms with E-state index in [9.17, 15) is 0 Å². The van der Waals surface area contributed by atoms with E-state index in [2.05, 4.69) is 46.4 Å². The predicted octanol–water partition coefficient (Wildman–Crippen LogP) is 2.28. The summed E-state index contributed by atoms with van der Waals surface area (Å²) >= 11 is 0. The molecule has 0 bridgehead atoms. The highest BCUT2D eigenvalue weighted by molar-refractivity contribution is 4.88. The summed E-state index contributed by atoms with van der Waals surface area (Å²) in [5, 5.41) is 0. The van der Waals surface area contributed by atoms with Gasteiger partial charge < -0.3 is 4.74 Å². The van der Waals surface area contributed by atoms with Crippen molar-refractivity contribution in [3.8, 4) is 0 Å². The van der Waals surface area contributed by atoms with Crippen LogP contribution in [0.5, 0.6) is 0 Å². The van der Waals surface area contributed by atoms with Crippen LogP contribution < -0.4 is 0 Å². The summed E-state index contributed by atoms with van der Waals surface area (Å²) in [4.78, 5) is 2.50. The summed E-state index contributed by atoms with van der Waals surface area (Å²) in [6.45, 7) is 15.4. The lowest BCUT2D eigenvalue weighted by Crippen LogP contribution is -2.57. The van der Waals surface area contributed by atoms with Gasteiger partial charge in [-0.05, 0) is 41.5 Å². The minimum atomic E-state index is 0.00491. The van der Waals surface area contributed by atoms with E-state index in [1.807, 2.05) is 0 Å². The van der Waals surface area contributed by atoms with E-state index in [1.165, 1.54) is 0 Å². The van der Waals surface area contributed by atoms with Gasteiger partial charge in [-0.25, -0.2) is 0 Å². The van der Waals surface area contributed by atoms with Gasteiger partial charge in [0.1, 0.15) is 0 Å². The molecule has 0 aromatic rings. The Morgan fingerprint density at radius 3 is 2.23 bits per heavy atom. The van der Waals surface area contributed by atoms with Crippen molar-refractivity contribution >= 4 is 0 Å². The van der Waals surface area contributed by atoms with E-state index in [-0.39, 0.29) is 11.1 Å². The minimum Gasteiger partial charge on any atom is -0.370 e. The van der Waals surface area contributed by atoms with Crippen molar-refractivity contribution in [1.82, 2.24) is 4.90 Å². The number of nitrogens with zero attached hydrogens (tertiary/aromatic N) is 1. The zero-order valence-electron chi connectivity index (χ0n) is 9.85. The van der Waals surface area contributed by atoms with Crippen LogP contribution in [0.15, 0.2) is 0 Å². The molecule has 1 aliphatic rings. The maximum Gasteiger partial charge on any atom is 0.0757 e. The maximum atomic E-state index is 5.86. The molecule has 0 saturated carbocycles. The number of rotatable bonds is 0. The molecule has 0 spiro atoms. The molecule has 1 aliphatic heterocycles. The third-order valence-electron chi connectivity index (χ3n) is 2.52. The molecule has 1 rings (SSSR count). The van der Waals surface area contributed by atoms with Crippen molar-refractivity contribution in [3.05, 3.63) is 0 Å². The van der Waals surface area contributed by atoms with Gasteiger partial charge in [-0.2, -0.15) is 0 Å². The zero-order valence-corrected chi connectivity index (χ0v) is 9.85. The standard InChI is InChI=1S/C11H23NO/c1-9-7-12(10(2,3)4)8-11(5,6)13-9/h9H,7-8H2,1-6H3. The van der Waals surface area contributed by atoms with Crippen molar-refractivity contribution in [2.45, 2.75) is 58.8 Å². The van der Waals surface area contributed by atoms with Crippen LogP contribution >= 0.6 is 0 Å². The number of morpholine rings is 1. The van der Waals surface area contributed by atoms with Crippen molar-refractivity contribution in [2.75, 3.05) is 13.1 Å². The average Bonchev–Trinajstić information content (AvgIpc) is 1.79. The summed E-state index contributed by atoms with van der Waals surface area (Å²) in [5.41, 5.74) is 0.264. The molecular formula is C11H23NO. The van der Waals surface area contributed by atoms with Gasteiger partial charge in [0, 0.05) is 18.6 Å². The smallest absolute Gasteiger partial charge is 0.0757 e. The molecule has 0 radical (unpaired) electrons. The summed E-state index contributed by atoms with van der Waals surface area (Å²) < 4.78 is 5.86. The molecule has 78 valence electrons. The first-order chi connectivity index (χ1) is 5.71. The summed E-state index contributed by atoms with van der Waals surface area (Å²) in [6, 6.07) is 0. The molecule has 1 saturated heterocycles. The molecule has 13 heavy (non-hydrogen) atoms. The number of hydrogen-bond donors (Lipinski definition) is 0. The largest absolute Gasteiger partial charge is 0.370 e. The Morgan fingerprint density at radius 1 is 1.31 bits per heavy atom. The molecule has 0 aromatic carbocycles.